The molecule has 0 spiro atoms. The Balaban J connectivity index is 2.85. The maximum Gasteiger partial charge on any atom is 0.261 e. The van der Waals surface area contributed by atoms with Crippen LogP contribution in [0.5, 0.6) is 0 Å². The van der Waals surface area contributed by atoms with Crippen LogP contribution in [0, 0.1) is 5.92 Å². The first-order chi connectivity index (χ1) is 8.84. The van der Waals surface area contributed by atoms with Crippen molar-refractivity contribution in [3.05, 3.63) is 29.8 Å². The highest BCUT2D eigenvalue weighted by atomic mass is 35.7. The molecule has 19 heavy (non-hydrogen) atoms. The molecule has 0 radical (unpaired) electrons. The van der Waals surface area contributed by atoms with Gasteiger partial charge in [0.2, 0.25) is 0 Å². The number of rotatable bonds is 7. The topological polar surface area (TPSA) is 43.4 Å². The minimum atomic E-state index is -3.65. The summed E-state index contributed by atoms with van der Waals surface area (Å²) in [5.41, 5.74) is 0.992. The van der Waals surface area contributed by atoms with E-state index in [0.29, 0.717) is 12.5 Å². The largest absolute Gasteiger partial charge is 0.373 e. The Labute approximate surface area is 120 Å². The lowest BCUT2D eigenvalue weighted by molar-refractivity contribution is 0.0291. The van der Waals surface area contributed by atoms with Gasteiger partial charge in [0.05, 0.1) is 11.0 Å². The molecule has 0 N–H and O–H groups in total. The lowest BCUT2D eigenvalue weighted by atomic mass is 10.1. The Morgan fingerprint density at radius 3 is 2.21 bits per heavy atom. The van der Waals surface area contributed by atoms with E-state index >= 15 is 0 Å². The van der Waals surface area contributed by atoms with Crippen LogP contribution >= 0.6 is 10.7 Å². The highest BCUT2D eigenvalue weighted by molar-refractivity contribution is 8.13. The SMILES string of the molecule is CCCC(OCC(C)C)c1ccc(S(=O)(=O)Cl)cc1. The van der Waals surface area contributed by atoms with Crippen molar-refractivity contribution < 1.29 is 13.2 Å². The van der Waals surface area contributed by atoms with Crippen LogP contribution in [0.3, 0.4) is 0 Å². The highest BCUT2D eigenvalue weighted by Crippen LogP contribution is 2.25. The molecule has 1 aromatic carbocycles. The van der Waals surface area contributed by atoms with E-state index < -0.39 is 9.05 Å². The van der Waals surface area contributed by atoms with E-state index in [1.807, 2.05) is 0 Å². The summed E-state index contributed by atoms with van der Waals surface area (Å²) in [5, 5.41) is 0. The second-order valence-corrected chi connectivity index (χ2v) is 7.58. The van der Waals surface area contributed by atoms with Crippen LogP contribution < -0.4 is 0 Å². The minimum absolute atomic E-state index is 0.0134. The predicted octanol–water partition coefficient (Wildman–Crippen LogP) is 4.13. The van der Waals surface area contributed by atoms with Gasteiger partial charge in [-0.1, -0.05) is 39.3 Å². The van der Waals surface area contributed by atoms with Crippen LogP contribution in [-0.4, -0.2) is 15.0 Å². The molecule has 1 atom stereocenters. The van der Waals surface area contributed by atoms with Crippen LogP contribution in [0.2, 0.25) is 0 Å². The first kappa shape index (κ1) is 16.5. The van der Waals surface area contributed by atoms with Gasteiger partial charge < -0.3 is 4.74 Å². The predicted molar refractivity (Wildman–Crippen MR) is 77.9 cm³/mol. The molecule has 0 aliphatic carbocycles. The molecule has 3 nitrogen and oxygen atoms in total. The van der Waals surface area contributed by atoms with Gasteiger partial charge in [0.25, 0.3) is 9.05 Å². The van der Waals surface area contributed by atoms with Crippen molar-refractivity contribution >= 4 is 19.7 Å². The van der Waals surface area contributed by atoms with Gasteiger partial charge in [-0.25, -0.2) is 8.42 Å². The van der Waals surface area contributed by atoms with Crippen LogP contribution in [0.15, 0.2) is 29.2 Å². The molecule has 0 aromatic heterocycles. The zero-order chi connectivity index (χ0) is 14.5. The van der Waals surface area contributed by atoms with E-state index in [0.717, 1.165) is 18.4 Å². The van der Waals surface area contributed by atoms with Crippen molar-refractivity contribution in [2.24, 2.45) is 5.92 Å². The quantitative estimate of drug-likeness (QED) is 0.711. The summed E-state index contributed by atoms with van der Waals surface area (Å²) in [6.45, 7) is 7.00. The Morgan fingerprint density at radius 1 is 1.21 bits per heavy atom. The zero-order valence-electron chi connectivity index (χ0n) is 11.6. The van der Waals surface area contributed by atoms with Gasteiger partial charge >= 0.3 is 0 Å². The number of halogens is 1. The van der Waals surface area contributed by atoms with Crippen molar-refractivity contribution in [3.63, 3.8) is 0 Å². The van der Waals surface area contributed by atoms with Crippen molar-refractivity contribution in [2.75, 3.05) is 6.61 Å². The molecule has 5 heteroatoms. The summed E-state index contributed by atoms with van der Waals surface area (Å²) in [4.78, 5) is 0.122. The molecule has 0 amide bonds. The fourth-order valence-electron chi connectivity index (χ4n) is 1.76. The third-order valence-electron chi connectivity index (χ3n) is 2.72. The van der Waals surface area contributed by atoms with Gasteiger partial charge in [0, 0.05) is 17.3 Å². The molecule has 1 rings (SSSR count). The van der Waals surface area contributed by atoms with Crippen LogP contribution in [0.1, 0.15) is 45.3 Å². The Hall–Kier alpha value is -0.580. The summed E-state index contributed by atoms with van der Waals surface area (Å²) in [6.07, 6.45) is 1.94. The normalized spacial score (nSPS) is 13.7. The fourth-order valence-corrected chi connectivity index (χ4v) is 2.53. The summed E-state index contributed by atoms with van der Waals surface area (Å²) >= 11 is 0. The van der Waals surface area contributed by atoms with Crippen molar-refractivity contribution in [2.45, 2.75) is 44.6 Å². The molecular formula is C14H21ClO3S. The van der Waals surface area contributed by atoms with E-state index in [-0.39, 0.29) is 11.0 Å². The first-order valence-corrected chi connectivity index (χ1v) is 8.81. The first-order valence-electron chi connectivity index (χ1n) is 6.50. The van der Waals surface area contributed by atoms with E-state index in [4.69, 9.17) is 15.4 Å². The molecule has 0 aliphatic heterocycles. The second kappa shape index (κ2) is 7.27. The Bertz CT molecular complexity index is 480. The standard InChI is InChI=1S/C14H21ClO3S/c1-4-5-14(18-10-11(2)3)12-6-8-13(9-7-12)19(15,16)17/h6-9,11,14H,4-5,10H2,1-3H3. The van der Waals surface area contributed by atoms with Crippen molar-refractivity contribution in [3.8, 4) is 0 Å². The number of hydrogen-bond donors (Lipinski definition) is 0. The molecule has 0 saturated carbocycles. The van der Waals surface area contributed by atoms with Gasteiger partial charge in [-0.3, -0.25) is 0 Å². The summed E-state index contributed by atoms with van der Waals surface area (Å²) in [7, 11) is 1.64. The van der Waals surface area contributed by atoms with E-state index in [1.165, 1.54) is 12.1 Å². The molecular weight excluding hydrogens is 284 g/mol. The lowest BCUT2D eigenvalue weighted by Gasteiger charge is -2.19. The molecule has 0 aliphatic rings. The molecule has 1 aromatic rings. The molecule has 0 saturated heterocycles. The zero-order valence-corrected chi connectivity index (χ0v) is 13.2. The van der Waals surface area contributed by atoms with Crippen LogP contribution in [0.25, 0.3) is 0 Å². The maximum absolute atomic E-state index is 11.2. The number of hydrogen-bond acceptors (Lipinski definition) is 3. The maximum atomic E-state index is 11.2. The van der Waals surface area contributed by atoms with Gasteiger partial charge in [0.15, 0.2) is 0 Å². The molecule has 108 valence electrons. The van der Waals surface area contributed by atoms with E-state index in [2.05, 4.69) is 20.8 Å². The average Bonchev–Trinajstić information content (AvgIpc) is 2.33. The third kappa shape index (κ3) is 5.51. The number of ether oxygens (including phenoxy) is 1. The van der Waals surface area contributed by atoms with Gasteiger partial charge in [-0.15, -0.1) is 0 Å². The highest BCUT2D eigenvalue weighted by Gasteiger charge is 2.14. The molecule has 1 unspecified atom stereocenters. The summed E-state index contributed by atoms with van der Waals surface area (Å²) < 4.78 is 28.3. The third-order valence-corrected chi connectivity index (χ3v) is 4.08. The monoisotopic (exact) mass is 304 g/mol. The molecule has 0 bridgehead atoms. The summed E-state index contributed by atoms with van der Waals surface area (Å²) in [5.74, 6) is 0.474. The lowest BCUT2D eigenvalue weighted by Crippen LogP contribution is -2.09. The van der Waals surface area contributed by atoms with Crippen molar-refractivity contribution in [1.82, 2.24) is 0 Å². The molecule has 0 heterocycles. The van der Waals surface area contributed by atoms with Crippen molar-refractivity contribution in [1.29, 1.82) is 0 Å². The van der Waals surface area contributed by atoms with E-state index in [9.17, 15) is 8.42 Å². The van der Waals surface area contributed by atoms with Crippen LogP contribution in [-0.2, 0) is 13.8 Å². The Kier molecular flexibility index (Phi) is 6.30. The minimum Gasteiger partial charge on any atom is -0.373 e. The van der Waals surface area contributed by atoms with Crippen LogP contribution in [0.4, 0.5) is 0 Å². The average molecular weight is 305 g/mol. The van der Waals surface area contributed by atoms with Gasteiger partial charge in [0.1, 0.15) is 0 Å². The fraction of sp³-hybridized carbons (Fsp3) is 0.571. The summed E-state index contributed by atoms with van der Waals surface area (Å²) in [6, 6.07) is 6.60. The second-order valence-electron chi connectivity index (χ2n) is 5.01. The molecule has 0 fully saturated rings. The number of benzene rings is 1. The van der Waals surface area contributed by atoms with Gasteiger partial charge in [-0.2, -0.15) is 0 Å². The van der Waals surface area contributed by atoms with Gasteiger partial charge in [-0.05, 0) is 30.0 Å². The smallest absolute Gasteiger partial charge is 0.261 e. The Morgan fingerprint density at radius 2 is 1.79 bits per heavy atom. The van der Waals surface area contributed by atoms with E-state index in [1.54, 1.807) is 12.1 Å².